The summed E-state index contributed by atoms with van der Waals surface area (Å²) in [4.78, 5) is 0. The van der Waals surface area contributed by atoms with E-state index in [4.69, 9.17) is 0 Å². The lowest BCUT2D eigenvalue weighted by molar-refractivity contribution is -0.170. The van der Waals surface area contributed by atoms with Crippen molar-refractivity contribution in [1.82, 2.24) is 0 Å². The molecule has 0 heterocycles. The molecule has 3 saturated carbocycles. The Morgan fingerprint density at radius 3 is 1.25 bits per heavy atom. The van der Waals surface area contributed by atoms with Crippen LogP contribution in [0.4, 0.5) is 0 Å². The summed E-state index contributed by atoms with van der Waals surface area (Å²) in [6.45, 7) is 0. The van der Waals surface area contributed by atoms with Crippen molar-refractivity contribution >= 4 is 37.2 Å². The van der Waals surface area contributed by atoms with E-state index < -0.39 is 0 Å². The molecule has 0 unspecified atom stereocenters. The Hall–Kier alpha value is 1.46. The Labute approximate surface area is 72.1 Å². The van der Waals surface area contributed by atoms with Gasteiger partial charge in [0.05, 0.1) is 0 Å². The molecule has 0 radical (unpaired) electrons. The molecule has 0 amide bonds. The molecule has 44 valence electrons. The minimum Gasteiger partial charge on any atom is -0.0407 e. The largest absolute Gasteiger partial charge is 0.0407 e. The van der Waals surface area contributed by atoms with Crippen LogP contribution < -0.4 is 0 Å². The third-order valence-corrected chi connectivity index (χ3v) is 3.91. The van der Waals surface area contributed by atoms with Gasteiger partial charge in [-0.15, -0.1) is 0 Å². The maximum absolute atomic E-state index is 2.12. The SMILES string of the molecule is C1C23CC14C2C34.II. The van der Waals surface area contributed by atoms with Gasteiger partial charge >= 0.3 is 0 Å². The third-order valence-electron chi connectivity index (χ3n) is 3.91. The Kier molecular flexibility index (Phi) is 0.659. The van der Waals surface area contributed by atoms with E-state index >= 15 is 0 Å². The Bertz CT molecular complexity index is 139. The molecule has 0 bridgehead atoms. The molecule has 0 aromatic heterocycles. The van der Waals surface area contributed by atoms with Crippen LogP contribution in [-0.2, 0) is 0 Å². The van der Waals surface area contributed by atoms with E-state index in [1.54, 1.807) is 12.8 Å². The topological polar surface area (TPSA) is 0 Å². The molecule has 0 aromatic carbocycles. The van der Waals surface area contributed by atoms with E-state index in [1.165, 1.54) is 11.8 Å². The predicted octanol–water partition coefficient (Wildman–Crippen LogP) is 2.80. The first kappa shape index (κ1) is 5.16. The monoisotopic (exact) mass is 332 g/mol. The van der Waals surface area contributed by atoms with Gasteiger partial charge in [-0.2, -0.15) is 0 Å². The van der Waals surface area contributed by atoms with Crippen molar-refractivity contribution in [3.8, 4) is 0 Å². The van der Waals surface area contributed by atoms with Gasteiger partial charge in [0.15, 0.2) is 0 Å². The lowest BCUT2D eigenvalue weighted by atomic mass is 9.39. The Morgan fingerprint density at radius 2 is 1.25 bits per heavy atom. The van der Waals surface area contributed by atoms with Crippen molar-refractivity contribution in [3.63, 3.8) is 0 Å². The first-order chi connectivity index (χ1) is 3.90. The van der Waals surface area contributed by atoms with Crippen LogP contribution in [0.25, 0.3) is 0 Å². The second-order valence-electron chi connectivity index (χ2n) is 3.78. The summed E-state index contributed by atoms with van der Waals surface area (Å²) >= 11 is 4.24. The highest BCUT2D eigenvalue weighted by atomic mass is 128. The zero-order chi connectivity index (χ0) is 5.57. The first-order valence-electron chi connectivity index (χ1n) is 3.05. The summed E-state index contributed by atoms with van der Waals surface area (Å²) in [6.07, 6.45) is 3.32. The van der Waals surface area contributed by atoms with E-state index in [0.29, 0.717) is 0 Å². The molecule has 0 atom stereocenters. The molecule has 2 heteroatoms. The van der Waals surface area contributed by atoms with Gasteiger partial charge in [0.25, 0.3) is 0 Å². The summed E-state index contributed by atoms with van der Waals surface area (Å²) in [5.74, 6) is 2.68. The lowest BCUT2D eigenvalue weighted by Gasteiger charge is -2.65. The molecule has 3 fully saturated rings. The molecule has 0 saturated heterocycles. The van der Waals surface area contributed by atoms with Crippen molar-refractivity contribution in [2.75, 3.05) is 0 Å². The number of rotatable bonds is 0. The molecule has 0 aliphatic heterocycles. The molecule has 3 aliphatic rings. The zero-order valence-electron chi connectivity index (χ0n) is 4.32. The highest BCUT2D eigenvalue weighted by Crippen LogP contribution is 3.17. The quantitative estimate of drug-likeness (QED) is 0.599. The van der Waals surface area contributed by atoms with Gasteiger partial charge in [-0.05, 0) is 35.5 Å². The highest BCUT2D eigenvalue weighted by molar-refractivity contribution is 15.0. The first-order valence-corrected chi connectivity index (χ1v) is 9.33. The Morgan fingerprint density at radius 1 is 1.00 bits per heavy atom. The van der Waals surface area contributed by atoms with Crippen LogP contribution in [0, 0.1) is 22.7 Å². The van der Waals surface area contributed by atoms with E-state index in [-0.39, 0.29) is 0 Å². The summed E-state index contributed by atoms with van der Waals surface area (Å²) in [5.41, 5.74) is 2.17. The fourth-order valence-corrected chi connectivity index (χ4v) is 3.56. The van der Waals surface area contributed by atoms with Crippen LogP contribution in [0.1, 0.15) is 12.8 Å². The van der Waals surface area contributed by atoms with Crippen LogP contribution in [0.15, 0.2) is 0 Å². The molecule has 2 spiro atoms. The number of halogens is 2. The molecular weight excluding hydrogens is 326 g/mol. The minimum atomic E-state index is 1.08. The Balaban J connectivity index is 0.000000117. The van der Waals surface area contributed by atoms with E-state index in [2.05, 4.69) is 37.2 Å². The molecular formula is C6H6I2. The van der Waals surface area contributed by atoms with Crippen molar-refractivity contribution in [2.45, 2.75) is 12.8 Å². The zero-order valence-corrected chi connectivity index (χ0v) is 8.64. The second-order valence-corrected chi connectivity index (χ2v) is 3.78. The average Bonchev–Trinajstić information content (AvgIpc) is 2.24. The van der Waals surface area contributed by atoms with Crippen LogP contribution >= 0.6 is 37.2 Å². The molecule has 0 nitrogen and oxygen atoms in total. The molecule has 0 N–H and O–H groups in total. The van der Waals surface area contributed by atoms with Crippen molar-refractivity contribution < 1.29 is 0 Å². The van der Waals surface area contributed by atoms with Gasteiger partial charge < -0.3 is 0 Å². The molecule has 0 aromatic rings. The standard InChI is InChI=1S/C6H6.I2/c1-5-2-6(1)3(5)4(5)6;1-2/h3-4H,1-2H2;. The fourth-order valence-electron chi connectivity index (χ4n) is 3.56. The van der Waals surface area contributed by atoms with Gasteiger partial charge in [0.2, 0.25) is 0 Å². The highest BCUT2D eigenvalue weighted by Gasteiger charge is 3.12. The summed E-state index contributed by atoms with van der Waals surface area (Å²) in [5, 5.41) is 0. The predicted molar refractivity (Wildman–Crippen MR) is 49.1 cm³/mol. The van der Waals surface area contributed by atoms with E-state index in [0.717, 1.165) is 10.8 Å². The minimum absolute atomic E-state index is 1.08. The fraction of sp³-hybridized carbons (Fsp3) is 1.00. The molecule has 3 aliphatic carbocycles. The van der Waals surface area contributed by atoms with E-state index in [1.807, 2.05) is 0 Å². The van der Waals surface area contributed by atoms with Crippen LogP contribution in [-0.4, -0.2) is 0 Å². The van der Waals surface area contributed by atoms with Crippen LogP contribution in [0.5, 0.6) is 0 Å². The van der Waals surface area contributed by atoms with E-state index in [9.17, 15) is 0 Å². The van der Waals surface area contributed by atoms with Crippen LogP contribution in [0.2, 0.25) is 0 Å². The smallest absolute Gasteiger partial charge is 0 e. The van der Waals surface area contributed by atoms with Gasteiger partial charge in [0.1, 0.15) is 0 Å². The number of hydrogen-bond acceptors (Lipinski definition) is 0. The molecule has 3 rings (SSSR count). The van der Waals surface area contributed by atoms with Gasteiger partial charge in [0, 0.05) is 37.2 Å². The second kappa shape index (κ2) is 1.02. The lowest BCUT2D eigenvalue weighted by Crippen LogP contribution is -2.58. The third kappa shape index (κ3) is 0.222. The average molecular weight is 332 g/mol. The van der Waals surface area contributed by atoms with Crippen molar-refractivity contribution in [3.05, 3.63) is 0 Å². The maximum atomic E-state index is 2.12. The maximum Gasteiger partial charge on any atom is 0 e. The number of fused-ring (bicyclic) bond motifs is 5. The number of hydrogen-bond donors (Lipinski definition) is 0. The molecule has 8 heavy (non-hydrogen) atoms. The van der Waals surface area contributed by atoms with Crippen LogP contribution in [0.3, 0.4) is 0 Å². The van der Waals surface area contributed by atoms with Gasteiger partial charge in [-0.25, -0.2) is 0 Å². The van der Waals surface area contributed by atoms with Gasteiger partial charge in [-0.3, -0.25) is 0 Å². The summed E-state index contributed by atoms with van der Waals surface area (Å²) < 4.78 is 0. The summed E-state index contributed by atoms with van der Waals surface area (Å²) in [6, 6.07) is 0. The normalized spacial score (nSPS) is 81.8. The summed E-state index contributed by atoms with van der Waals surface area (Å²) in [7, 11) is 0. The van der Waals surface area contributed by atoms with Crippen molar-refractivity contribution in [1.29, 1.82) is 0 Å². The van der Waals surface area contributed by atoms with Gasteiger partial charge in [-0.1, -0.05) is 0 Å². The van der Waals surface area contributed by atoms with Crippen molar-refractivity contribution in [2.24, 2.45) is 22.7 Å².